The van der Waals surface area contributed by atoms with E-state index in [-0.39, 0.29) is 25.8 Å². The number of carbonyl (C=O) groups is 12. The van der Waals surface area contributed by atoms with Crippen LogP contribution in [0.15, 0.2) is 30.3 Å². The zero-order valence-corrected chi connectivity index (χ0v) is 51.0. The van der Waals surface area contributed by atoms with Crippen LogP contribution < -0.4 is 70.0 Å². The number of benzene rings is 1. The molecule has 0 unspecified atom stereocenters. The fourth-order valence-electron chi connectivity index (χ4n) is 8.92. The van der Waals surface area contributed by atoms with Gasteiger partial charge >= 0.3 is 5.97 Å². The van der Waals surface area contributed by atoms with Crippen molar-refractivity contribution in [1.82, 2.24) is 58.5 Å². The molecule has 1 fully saturated rings. The Morgan fingerprint density at radius 2 is 1.07 bits per heavy atom. The summed E-state index contributed by atoms with van der Waals surface area (Å²) in [5.74, 6) is -13.0. The van der Waals surface area contributed by atoms with Gasteiger partial charge in [0.1, 0.15) is 66.5 Å². The Bertz CT molecular complexity index is 2420. The van der Waals surface area contributed by atoms with Crippen molar-refractivity contribution in [3.8, 4) is 0 Å². The smallest absolute Gasteiger partial charge is 0.329 e. The van der Waals surface area contributed by atoms with E-state index in [0.29, 0.717) is 25.7 Å². The van der Waals surface area contributed by atoms with E-state index in [1.54, 1.807) is 62.4 Å². The van der Waals surface area contributed by atoms with Crippen molar-refractivity contribution in [2.24, 2.45) is 35.1 Å². The number of nitrogens with one attached hydrogen (secondary N) is 11. The molecule has 16 atom stereocenters. The molecule has 0 radical (unpaired) electrons. The van der Waals surface area contributed by atoms with Crippen LogP contribution in [0.2, 0.25) is 0 Å². The van der Waals surface area contributed by atoms with Crippen LogP contribution in [0.25, 0.3) is 0 Å². The normalized spacial score (nSPS) is 21.5. The number of nitrogens with two attached hydrogens (primary N) is 2. The molecular formula is C57H95N13O15. The number of likely N-dealkylation sites (N-methyl/N-ethyl adjacent to an activating group) is 1. The number of primary amides is 1. The van der Waals surface area contributed by atoms with Crippen LogP contribution in [0.1, 0.15) is 126 Å². The summed E-state index contributed by atoms with van der Waals surface area (Å²) in [7, 11) is 1.60. The minimum atomic E-state index is -1.81. The molecule has 28 nitrogen and oxygen atoms in total. The number of carbonyl (C=O) groups excluding carboxylic acids is 12. The molecule has 17 N–H and O–H groups in total. The van der Waals surface area contributed by atoms with Crippen molar-refractivity contribution in [2.45, 2.75) is 200 Å². The fourth-order valence-corrected chi connectivity index (χ4v) is 8.92. The van der Waals surface area contributed by atoms with Crippen LogP contribution in [0.5, 0.6) is 0 Å². The first-order valence-corrected chi connectivity index (χ1v) is 29.3. The average Bonchev–Trinajstić information content (AvgIpc) is 3.68. The van der Waals surface area contributed by atoms with E-state index in [4.69, 9.17) is 16.2 Å². The predicted octanol–water partition coefficient (Wildman–Crippen LogP) is -3.20. The van der Waals surface area contributed by atoms with Gasteiger partial charge in [0.25, 0.3) is 0 Å². The molecule has 0 saturated carbocycles. The average molecular weight is 1200 g/mol. The number of aliphatic hydroxyl groups excluding tert-OH is 2. The second-order valence-electron chi connectivity index (χ2n) is 21.9. The first kappa shape index (κ1) is 73.8. The van der Waals surface area contributed by atoms with Crippen LogP contribution in [-0.4, -0.2) is 181 Å². The van der Waals surface area contributed by atoms with Gasteiger partial charge in [-0.25, -0.2) is 4.79 Å². The summed E-state index contributed by atoms with van der Waals surface area (Å²) in [6.45, 7) is 14.4. The van der Waals surface area contributed by atoms with Crippen molar-refractivity contribution < 1.29 is 72.5 Å². The maximum atomic E-state index is 14.4. The van der Waals surface area contributed by atoms with Crippen LogP contribution >= 0.6 is 0 Å². The van der Waals surface area contributed by atoms with E-state index in [9.17, 15) is 67.7 Å². The molecule has 0 bridgehead atoms. The zero-order valence-electron chi connectivity index (χ0n) is 51.0. The molecule has 0 spiro atoms. The highest BCUT2D eigenvalue weighted by atomic mass is 16.5. The number of rotatable bonds is 33. The lowest BCUT2D eigenvalue weighted by atomic mass is 9.94. The summed E-state index contributed by atoms with van der Waals surface area (Å²) < 4.78 is 5.69. The molecule has 11 amide bonds. The minimum absolute atomic E-state index is 0.107. The standard InChI is InChI=1S/C57H95N13O15/c1-12-29(5)42(67-50(77)38(60-11)26-35-20-17-16-18-21-35)53(80)64-39(27-71)51(78)63-37(23-24-41(59)73)49(76)66-44(31(7)14-3)55(82)68-43(30(6)13-2)54(81)65-40(28-72)52(79)70-46-34(10)85-57(84)45(32(8)15-4)69-48(75)36(22-19-25-58)62-47(74)33(9)61-56(46)83/h16-18,20-21,29-34,36-40,42-46,60,71-72H,12-15,19,22-28,58H2,1-11H3,(H2,59,73)(H,61,83)(H,62,74)(H,63,78)(H,64,80)(H,65,81)(H,66,76)(H,67,77)(H,68,82)(H,69,75)(H,70,79)/t29-,30-,31+,32-,33+,34-,36-,37+,38+,39-,40-,42-,43-,44+,45-,46+/m0/s1. The van der Waals surface area contributed by atoms with E-state index < -0.39 is 193 Å². The lowest BCUT2D eigenvalue weighted by Crippen LogP contribution is -2.63. The van der Waals surface area contributed by atoms with Gasteiger partial charge in [-0.3, -0.25) is 52.7 Å². The number of amides is 11. The predicted molar refractivity (Wildman–Crippen MR) is 312 cm³/mol. The monoisotopic (exact) mass is 1200 g/mol. The van der Waals surface area contributed by atoms with Crippen LogP contribution in [0.3, 0.4) is 0 Å². The van der Waals surface area contributed by atoms with Crippen LogP contribution in [-0.2, 0) is 68.7 Å². The third-order valence-corrected chi connectivity index (χ3v) is 15.5. The highest BCUT2D eigenvalue weighted by Gasteiger charge is 2.41. The molecular weight excluding hydrogens is 1110 g/mol. The van der Waals surface area contributed by atoms with Crippen molar-refractivity contribution >= 4 is 70.9 Å². The maximum absolute atomic E-state index is 14.4. The van der Waals surface area contributed by atoms with E-state index in [0.717, 1.165) is 5.56 Å². The third-order valence-electron chi connectivity index (χ3n) is 15.5. The highest BCUT2D eigenvalue weighted by Crippen LogP contribution is 2.17. The SMILES string of the molecule is CC[C@@H](C)[C@@H](NC(=O)[C@@H](CCC(N)=O)NC(=O)[C@H](CO)NC(=O)[C@@H](NC(=O)[C@@H](Cc1ccccc1)NC)[C@@H](C)CC)C(=O)N[C@H](C(=O)N[C@@H](CO)C(=O)N[C@H]1C(=O)N[C@H](C)C(=O)N[C@@H](CCCN)C(=O)N[C@@H]([C@@H](C)CC)C(=O)O[C@H]1C)[C@@H](C)CC. The molecule has 1 heterocycles. The van der Waals surface area contributed by atoms with Crippen molar-refractivity contribution in [2.75, 3.05) is 26.8 Å². The zero-order chi connectivity index (χ0) is 64.2. The lowest BCUT2D eigenvalue weighted by molar-refractivity contribution is -0.157. The number of aliphatic hydroxyl groups is 2. The van der Waals surface area contributed by atoms with Crippen LogP contribution in [0, 0.1) is 23.7 Å². The largest absolute Gasteiger partial charge is 0.458 e. The third kappa shape index (κ3) is 23.2. The van der Waals surface area contributed by atoms with Gasteiger partial charge in [0.15, 0.2) is 0 Å². The van der Waals surface area contributed by atoms with Crippen molar-refractivity contribution in [1.29, 1.82) is 0 Å². The number of hydrogen-bond acceptors (Lipinski definition) is 17. The van der Waals surface area contributed by atoms with Gasteiger partial charge < -0.3 is 84.9 Å². The summed E-state index contributed by atoms with van der Waals surface area (Å²) in [6.07, 6.45) is -0.240. The number of cyclic esters (lactones) is 1. The summed E-state index contributed by atoms with van der Waals surface area (Å²) in [4.78, 5) is 165. The lowest BCUT2D eigenvalue weighted by Gasteiger charge is -2.31. The van der Waals surface area contributed by atoms with Crippen LogP contribution in [0.4, 0.5) is 0 Å². The molecule has 1 aliphatic heterocycles. The summed E-state index contributed by atoms with van der Waals surface area (Å²) >= 11 is 0. The molecule has 1 aliphatic rings. The Balaban J connectivity index is 2.40. The van der Waals surface area contributed by atoms with Gasteiger partial charge in [0, 0.05) is 6.42 Å². The Morgan fingerprint density at radius 1 is 0.600 bits per heavy atom. The minimum Gasteiger partial charge on any atom is -0.458 e. The van der Waals surface area contributed by atoms with E-state index >= 15 is 0 Å². The Labute approximate surface area is 497 Å². The second kappa shape index (κ2) is 37.2. The second-order valence-corrected chi connectivity index (χ2v) is 21.9. The molecule has 1 aromatic carbocycles. The number of hydrogen-bond donors (Lipinski definition) is 15. The quantitative estimate of drug-likeness (QED) is 0.0308. The Kier molecular flexibility index (Phi) is 32.3. The Morgan fingerprint density at radius 3 is 1.54 bits per heavy atom. The van der Waals surface area contributed by atoms with Crippen molar-refractivity contribution in [3.05, 3.63) is 35.9 Å². The van der Waals surface area contributed by atoms with Gasteiger partial charge in [-0.1, -0.05) is 111 Å². The van der Waals surface area contributed by atoms with E-state index in [1.807, 2.05) is 30.3 Å². The first-order valence-electron chi connectivity index (χ1n) is 29.3. The van der Waals surface area contributed by atoms with Gasteiger partial charge in [-0.05, 0) is 82.4 Å². The van der Waals surface area contributed by atoms with E-state index in [1.165, 1.54) is 13.8 Å². The fraction of sp³-hybridized carbons (Fsp3) is 0.684. The highest BCUT2D eigenvalue weighted by molar-refractivity contribution is 5.99. The topological polar surface area (TPSA) is 439 Å². The summed E-state index contributed by atoms with van der Waals surface area (Å²) in [6, 6.07) is -6.13. The summed E-state index contributed by atoms with van der Waals surface area (Å²) in [5.41, 5.74) is 12.0. The molecule has 85 heavy (non-hydrogen) atoms. The number of ether oxygens (including phenoxy) is 1. The molecule has 1 aromatic rings. The molecule has 2 rings (SSSR count). The number of esters is 1. The van der Waals surface area contributed by atoms with Crippen molar-refractivity contribution in [3.63, 3.8) is 0 Å². The maximum Gasteiger partial charge on any atom is 0.329 e. The molecule has 28 heteroatoms. The molecule has 1 saturated heterocycles. The first-order chi connectivity index (χ1) is 40.2. The van der Waals surface area contributed by atoms with Gasteiger partial charge in [-0.2, -0.15) is 0 Å². The van der Waals surface area contributed by atoms with Gasteiger partial charge in [-0.15, -0.1) is 0 Å². The Hall–Kier alpha value is -7.30. The molecule has 478 valence electrons. The summed E-state index contributed by atoms with van der Waals surface area (Å²) in [5, 5.41) is 49.2. The molecule has 0 aromatic heterocycles. The van der Waals surface area contributed by atoms with E-state index in [2.05, 4.69) is 58.5 Å². The molecule has 0 aliphatic carbocycles. The van der Waals surface area contributed by atoms with Gasteiger partial charge in [0.05, 0.1) is 19.3 Å². The van der Waals surface area contributed by atoms with Gasteiger partial charge in [0.2, 0.25) is 65.0 Å².